The van der Waals surface area contributed by atoms with Crippen molar-refractivity contribution >= 4 is 61.9 Å². The maximum Gasteiger partial charge on any atom is 0.414 e. The number of halogens is 2. The Bertz CT molecular complexity index is 1170. The van der Waals surface area contributed by atoms with Crippen molar-refractivity contribution in [1.82, 2.24) is 5.32 Å². The molecule has 8 nitrogen and oxygen atoms in total. The molecule has 1 N–H and O–H groups in total. The van der Waals surface area contributed by atoms with Crippen molar-refractivity contribution in [3.05, 3.63) is 46.8 Å². The number of cyclic esters (lactones) is 1. The van der Waals surface area contributed by atoms with E-state index in [1.807, 2.05) is 0 Å². The van der Waals surface area contributed by atoms with Gasteiger partial charge >= 0.3 is 6.09 Å². The number of nitrogens with zero attached hydrogens (tertiary/aromatic N) is 2. The predicted molar refractivity (Wildman–Crippen MR) is 127 cm³/mol. The van der Waals surface area contributed by atoms with E-state index in [0.717, 1.165) is 0 Å². The summed E-state index contributed by atoms with van der Waals surface area (Å²) < 4.78 is 43.3. The van der Waals surface area contributed by atoms with Crippen LogP contribution in [0.3, 0.4) is 0 Å². The van der Waals surface area contributed by atoms with Crippen LogP contribution in [0.5, 0.6) is 0 Å². The summed E-state index contributed by atoms with van der Waals surface area (Å²) in [5.74, 6) is -1.01. The third-order valence-electron chi connectivity index (χ3n) is 5.60. The Labute approximate surface area is 200 Å². The van der Waals surface area contributed by atoms with Crippen LogP contribution in [0.2, 0.25) is 0 Å². The van der Waals surface area contributed by atoms with Crippen LogP contribution >= 0.6 is 23.8 Å². The van der Waals surface area contributed by atoms with Gasteiger partial charge in [-0.2, -0.15) is 0 Å². The Balaban J connectivity index is 1.37. The number of carbonyl (C=O) groups is 2. The number of anilines is 2. The number of rotatable bonds is 5. The van der Waals surface area contributed by atoms with Crippen LogP contribution in [0.25, 0.3) is 0 Å². The first-order valence-corrected chi connectivity index (χ1v) is 12.9. The molecule has 0 bridgehead atoms. The molecule has 2 amide bonds. The first kappa shape index (κ1) is 23.7. The maximum atomic E-state index is 14.8. The Hall–Kier alpha value is -2.50. The zero-order chi connectivity index (χ0) is 23.8. The predicted octanol–water partition coefficient (Wildman–Crippen LogP) is 2.32. The van der Waals surface area contributed by atoms with Gasteiger partial charge in [-0.1, -0.05) is 29.9 Å². The largest absolute Gasteiger partial charge is 0.442 e. The van der Waals surface area contributed by atoms with E-state index in [2.05, 4.69) is 5.32 Å². The van der Waals surface area contributed by atoms with Crippen molar-refractivity contribution in [3.63, 3.8) is 0 Å². The number of allylic oxidation sites excluding steroid dienone is 3. The Morgan fingerprint density at radius 2 is 2.03 bits per heavy atom. The molecule has 2 heterocycles. The summed E-state index contributed by atoms with van der Waals surface area (Å²) >= 11 is 11.1. The fourth-order valence-corrected chi connectivity index (χ4v) is 5.41. The summed E-state index contributed by atoms with van der Waals surface area (Å²) in [6.07, 6.45) is 2.35. The molecule has 0 saturated carbocycles. The quantitative estimate of drug-likeness (QED) is 0.604. The molecular weight excluding hydrogens is 493 g/mol. The minimum absolute atomic E-state index is 0.0237. The second-order valence-corrected chi connectivity index (χ2v) is 11.1. The standard InChI is InChI=1S/C21H21ClFN3O5S2/c22-13-1-4-19(32)16(9-13)20(27)24-11-15-12-26(21(28)31-15)14-2-3-18(17(23)10-14)25-5-7-33(29,30)8-6-25/h1-3,9-10,15H,4-8,11-12H2,(H,24,27)/t15-/m0/s1. The monoisotopic (exact) mass is 513 g/mol. The first-order valence-electron chi connectivity index (χ1n) is 10.2. The summed E-state index contributed by atoms with van der Waals surface area (Å²) in [4.78, 5) is 28.2. The van der Waals surface area contributed by atoms with Crippen LogP contribution < -0.4 is 15.1 Å². The zero-order valence-corrected chi connectivity index (χ0v) is 19.8. The van der Waals surface area contributed by atoms with E-state index in [1.165, 1.54) is 23.1 Å². The summed E-state index contributed by atoms with van der Waals surface area (Å²) in [5.41, 5.74) is 0.907. The van der Waals surface area contributed by atoms with Gasteiger partial charge in [0.05, 0.1) is 41.5 Å². The minimum Gasteiger partial charge on any atom is -0.442 e. The van der Waals surface area contributed by atoms with Crippen molar-refractivity contribution in [3.8, 4) is 0 Å². The number of nitrogens with one attached hydrogen (secondary N) is 1. The summed E-state index contributed by atoms with van der Waals surface area (Å²) in [6, 6.07) is 4.34. The van der Waals surface area contributed by atoms with E-state index in [0.29, 0.717) is 27.6 Å². The molecule has 1 aromatic carbocycles. The van der Waals surface area contributed by atoms with Gasteiger partial charge in [-0.3, -0.25) is 9.69 Å². The molecule has 3 aliphatic rings. The second kappa shape index (κ2) is 9.40. The topological polar surface area (TPSA) is 96.0 Å². The highest BCUT2D eigenvalue weighted by Gasteiger charge is 2.34. The van der Waals surface area contributed by atoms with Crippen LogP contribution in [0.15, 0.2) is 41.0 Å². The lowest BCUT2D eigenvalue weighted by molar-refractivity contribution is -0.117. The number of thiocarbonyl (C=S) groups is 1. The molecule has 1 atom stereocenters. The third kappa shape index (κ3) is 5.36. The van der Waals surface area contributed by atoms with E-state index in [4.69, 9.17) is 28.6 Å². The Kier molecular flexibility index (Phi) is 6.73. The van der Waals surface area contributed by atoms with Gasteiger partial charge < -0.3 is 15.0 Å². The molecular formula is C21H21ClFN3O5S2. The first-order chi connectivity index (χ1) is 15.6. The fraction of sp³-hybridized carbons (Fsp3) is 0.381. The van der Waals surface area contributed by atoms with Crippen LogP contribution in [-0.2, 0) is 19.4 Å². The number of amides is 2. The molecule has 176 valence electrons. The van der Waals surface area contributed by atoms with Gasteiger partial charge in [0.1, 0.15) is 11.9 Å². The SMILES string of the molecule is O=C(NC[C@H]1CN(c2ccc(N3CCS(=O)(=O)CC3)c(F)c2)C(=O)O1)C1=CC(Cl)=CCC1=S. The summed E-state index contributed by atoms with van der Waals surface area (Å²) in [6.45, 7) is 0.620. The molecule has 12 heteroatoms. The number of hydrogen-bond acceptors (Lipinski definition) is 7. The van der Waals surface area contributed by atoms with Crippen molar-refractivity contribution in [1.29, 1.82) is 0 Å². The molecule has 0 aromatic heterocycles. The molecule has 0 unspecified atom stereocenters. The molecule has 1 aromatic rings. The van der Waals surface area contributed by atoms with E-state index in [9.17, 15) is 22.4 Å². The normalized spacial score (nSPS) is 22.5. The third-order valence-corrected chi connectivity index (χ3v) is 7.86. The lowest BCUT2D eigenvalue weighted by Gasteiger charge is -2.29. The average Bonchev–Trinajstić information content (AvgIpc) is 3.14. The number of hydrogen-bond donors (Lipinski definition) is 1. The Morgan fingerprint density at radius 3 is 2.73 bits per heavy atom. The van der Waals surface area contributed by atoms with Crippen LogP contribution in [0, 0.1) is 5.82 Å². The molecule has 33 heavy (non-hydrogen) atoms. The van der Waals surface area contributed by atoms with E-state index in [1.54, 1.807) is 17.0 Å². The van der Waals surface area contributed by atoms with Gasteiger partial charge in [0.25, 0.3) is 5.91 Å². The highest BCUT2D eigenvalue weighted by molar-refractivity contribution is 7.91. The molecule has 0 spiro atoms. The number of ether oxygens (including phenoxy) is 1. The summed E-state index contributed by atoms with van der Waals surface area (Å²) in [7, 11) is -3.08. The minimum atomic E-state index is -3.08. The molecule has 2 fully saturated rings. The molecule has 2 aliphatic heterocycles. The van der Waals surface area contributed by atoms with Crippen LogP contribution in [0.1, 0.15) is 6.42 Å². The zero-order valence-electron chi connectivity index (χ0n) is 17.4. The number of sulfone groups is 1. The number of carbonyl (C=O) groups excluding carboxylic acids is 2. The van der Waals surface area contributed by atoms with Gasteiger partial charge in [0.15, 0.2) is 9.84 Å². The Morgan fingerprint density at radius 1 is 1.30 bits per heavy atom. The van der Waals surface area contributed by atoms with Gasteiger partial charge in [-0.05, 0) is 24.3 Å². The summed E-state index contributed by atoms with van der Waals surface area (Å²) in [5, 5.41) is 3.13. The molecule has 4 rings (SSSR count). The van der Waals surface area contributed by atoms with Crippen molar-refractivity contribution in [2.24, 2.45) is 0 Å². The van der Waals surface area contributed by atoms with Gasteiger partial charge in [0, 0.05) is 29.4 Å². The molecule has 0 radical (unpaired) electrons. The van der Waals surface area contributed by atoms with E-state index < -0.39 is 33.8 Å². The van der Waals surface area contributed by atoms with Gasteiger partial charge in [0.2, 0.25) is 0 Å². The van der Waals surface area contributed by atoms with Crippen molar-refractivity contribution < 1.29 is 27.1 Å². The van der Waals surface area contributed by atoms with E-state index >= 15 is 0 Å². The van der Waals surface area contributed by atoms with Crippen LogP contribution in [-0.4, -0.2) is 69.1 Å². The highest BCUT2D eigenvalue weighted by atomic mass is 35.5. The average molecular weight is 514 g/mol. The lowest BCUT2D eigenvalue weighted by Crippen LogP contribution is -2.40. The lowest BCUT2D eigenvalue weighted by atomic mass is 10.0. The van der Waals surface area contributed by atoms with Gasteiger partial charge in [-0.15, -0.1) is 0 Å². The maximum absolute atomic E-state index is 14.8. The molecule has 1 aliphatic carbocycles. The van der Waals surface area contributed by atoms with E-state index in [-0.39, 0.29) is 43.4 Å². The number of benzene rings is 1. The molecule has 2 saturated heterocycles. The van der Waals surface area contributed by atoms with Crippen molar-refractivity contribution in [2.75, 3.05) is 47.5 Å². The van der Waals surface area contributed by atoms with Gasteiger partial charge in [-0.25, -0.2) is 17.6 Å². The highest BCUT2D eigenvalue weighted by Crippen LogP contribution is 2.29. The smallest absolute Gasteiger partial charge is 0.414 e. The van der Waals surface area contributed by atoms with Crippen LogP contribution in [0.4, 0.5) is 20.6 Å². The van der Waals surface area contributed by atoms with Crippen molar-refractivity contribution in [2.45, 2.75) is 12.5 Å². The fourth-order valence-electron chi connectivity index (χ4n) is 3.78. The second-order valence-electron chi connectivity index (χ2n) is 7.88.